The van der Waals surface area contributed by atoms with Gasteiger partial charge in [-0.1, -0.05) is 42.1 Å². The number of pyridine rings is 1. The number of hydrogen-bond donors (Lipinski definition) is 2. The predicted octanol–water partition coefficient (Wildman–Crippen LogP) is 6.42. The quantitative estimate of drug-likeness (QED) is 0.274. The van der Waals surface area contributed by atoms with Crippen LogP contribution in [0.2, 0.25) is 0 Å². The molecule has 0 bridgehead atoms. The van der Waals surface area contributed by atoms with Crippen molar-refractivity contribution in [2.75, 3.05) is 5.32 Å². The van der Waals surface area contributed by atoms with E-state index in [1.165, 1.54) is 11.8 Å². The first kappa shape index (κ1) is 22.8. The molecule has 0 saturated heterocycles. The maximum atomic E-state index is 13.3. The maximum absolute atomic E-state index is 13.3. The van der Waals surface area contributed by atoms with Crippen LogP contribution in [0.25, 0.3) is 34.1 Å². The van der Waals surface area contributed by atoms with Crippen molar-refractivity contribution < 1.29 is 4.79 Å². The Balaban J connectivity index is 1.24. The minimum absolute atomic E-state index is 0.203. The second kappa shape index (κ2) is 9.75. The highest BCUT2D eigenvalue weighted by atomic mass is 32.2. The number of aromatic amines is 1. The van der Waals surface area contributed by atoms with Gasteiger partial charge in [-0.05, 0) is 66.7 Å². The minimum Gasteiger partial charge on any atom is -0.313 e. The van der Waals surface area contributed by atoms with Crippen LogP contribution in [0.15, 0.2) is 101 Å². The highest BCUT2D eigenvalue weighted by molar-refractivity contribution is 7.99. The van der Waals surface area contributed by atoms with E-state index in [1.807, 2.05) is 109 Å². The van der Waals surface area contributed by atoms with E-state index in [-0.39, 0.29) is 5.91 Å². The SMILES string of the molecule is Cn1c(NC(=O)c2ccccc2Sc2ccc3c(/C=C/c4ccccn4)n[nH]c3c2)nc2ccccc21. The van der Waals surface area contributed by atoms with Gasteiger partial charge in [-0.2, -0.15) is 5.10 Å². The average molecular weight is 503 g/mol. The van der Waals surface area contributed by atoms with E-state index in [2.05, 4.69) is 25.5 Å². The van der Waals surface area contributed by atoms with Crippen molar-refractivity contribution in [3.8, 4) is 0 Å². The number of amides is 1. The van der Waals surface area contributed by atoms with Gasteiger partial charge >= 0.3 is 0 Å². The van der Waals surface area contributed by atoms with Gasteiger partial charge in [0.25, 0.3) is 5.91 Å². The smallest absolute Gasteiger partial charge is 0.259 e. The second-order valence-corrected chi connectivity index (χ2v) is 9.56. The van der Waals surface area contributed by atoms with Crippen molar-refractivity contribution >= 4 is 57.7 Å². The fourth-order valence-corrected chi connectivity index (χ4v) is 5.13. The Morgan fingerprint density at radius 2 is 1.81 bits per heavy atom. The third-order valence-corrected chi connectivity index (χ3v) is 7.10. The van der Waals surface area contributed by atoms with Crippen LogP contribution in [0.3, 0.4) is 0 Å². The lowest BCUT2D eigenvalue weighted by molar-refractivity contribution is 0.102. The number of carbonyl (C=O) groups is 1. The number of nitrogens with one attached hydrogen (secondary N) is 2. The van der Waals surface area contributed by atoms with Crippen molar-refractivity contribution in [3.05, 3.63) is 108 Å². The van der Waals surface area contributed by atoms with E-state index in [0.29, 0.717) is 11.5 Å². The zero-order chi connectivity index (χ0) is 25.2. The lowest BCUT2D eigenvalue weighted by Crippen LogP contribution is -2.15. The van der Waals surface area contributed by atoms with Crippen LogP contribution in [0.1, 0.15) is 21.7 Å². The Morgan fingerprint density at radius 1 is 0.973 bits per heavy atom. The van der Waals surface area contributed by atoms with Gasteiger partial charge in [0.15, 0.2) is 0 Å². The maximum Gasteiger partial charge on any atom is 0.259 e. The molecule has 0 radical (unpaired) electrons. The zero-order valence-electron chi connectivity index (χ0n) is 19.9. The summed E-state index contributed by atoms with van der Waals surface area (Å²) in [5.41, 5.74) is 5.03. The average Bonchev–Trinajstić information content (AvgIpc) is 3.48. The molecule has 1 amide bonds. The Hall–Kier alpha value is -4.69. The van der Waals surface area contributed by atoms with Crippen molar-refractivity contribution in [2.24, 2.45) is 7.05 Å². The number of anilines is 1. The number of aromatic nitrogens is 5. The molecule has 2 N–H and O–H groups in total. The second-order valence-electron chi connectivity index (χ2n) is 8.44. The Morgan fingerprint density at radius 3 is 2.68 bits per heavy atom. The normalized spacial score (nSPS) is 11.5. The van der Waals surface area contributed by atoms with Crippen LogP contribution in [0.5, 0.6) is 0 Å². The largest absolute Gasteiger partial charge is 0.313 e. The fourth-order valence-electron chi connectivity index (χ4n) is 4.15. The van der Waals surface area contributed by atoms with Crippen molar-refractivity contribution in [1.29, 1.82) is 0 Å². The van der Waals surface area contributed by atoms with Gasteiger partial charge in [0, 0.05) is 28.4 Å². The number of aryl methyl sites for hydroxylation is 1. The van der Waals surface area contributed by atoms with Gasteiger partial charge < -0.3 is 4.57 Å². The number of benzene rings is 3. The zero-order valence-corrected chi connectivity index (χ0v) is 20.7. The monoisotopic (exact) mass is 502 g/mol. The van der Waals surface area contributed by atoms with E-state index in [4.69, 9.17) is 0 Å². The minimum atomic E-state index is -0.203. The lowest BCUT2D eigenvalue weighted by atomic mass is 10.2. The van der Waals surface area contributed by atoms with E-state index >= 15 is 0 Å². The molecule has 0 fully saturated rings. The Bertz CT molecular complexity index is 1770. The third-order valence-electron chi connectivity index (χ3n) is 6.04. The number of imidazole rings is 1. The summed E-state index contributed by atoms with van der Waals surface area (Å²) in [5, 5.41) is 11.6. The van der Waals surface area contributed by atoms with E-state index in [0.717, 1.165) is 43.1 Å². The molecule has 6 rings (SSSR count). The molecule has 0 aliphatic rings. The number of fused-ring (bicyclic) bond motifs is 2. The first-order chi connectivity index (χ1) is 18.2. The summed E-state index contributed by atoms with van der Waals surface area (Å²) in [6.45, 7) is 0. The molecule has 6 aromatic rings. The molecule has 0 atom stereocenters. The van der Waals surface area contributed by atoms with Gasteiger partial charge in [-0.3, -0.25) is 20.2 Å². The van der Waals surface area contributed by atoms with Gasteiger partial charge in [0.1, 0.15) is 0 Å². The third kappa shape index (κ3) is 4.62. The summed E-state index contributed by atoms with van der Waals surface area (Å²) < 4.78 is 1.88. The first-order valence-corrected chi connectivity index (χ1v) is 12.5. The van der Waals surface area contributed by atoms with E-state index in [1.54, 1.807) is 6.20 Å². The molecular formula is C29H22N6OS. The summed E-state index contributed by atoms with van der Waals surface area (Å²) in [6.07, 6.45) is 5.66. The molecule has 37 heavy (non-hydrogen) atoms. The van der Waals surface area contributed by atoms with Crippen molar-refractivity contribution in [1.82, 2.24) is 24.7 Å². The number of rotatable bonds is 6. The highest BCUT2D eigenvalue weighted by Crippen LogP contribution is 2.33. The van der Waals surface area contributed by atoms with Gasteiger partial charge in [-0.25, -0.2) is 4.98 Å². The fraction of sp³-hybridized carbons (Fsp3) is 0.0345. The van der Waals surface area contributed by atoms with Crippen LogP contribution in [-0.4, -0.2) is 30.6 Å². The van der Waals surface area contributed by atoms with Crippen LogP contribution < -0.4 is 5.32 Å². The van der Waals surface area contributed by atoms with E-state index < -0.39 is 0 Å². The standard InChI is InChI=1S/C29H22N6OS/c1-35-26-11-4-3-10-24(26)31-29(35)32-28(36)22-9-2-5-12-27(22)37-20-14-15-21-23(33-34-25(21)18-20)16-13-19-8-6-7-17-30-19/h2-18H,1H3,(H,33,34)(H,31,32,36)/b16-13+. The molecule has 0 saturated carbocycles. The molecule has 3 aromatic heterocycles. The summed E-state index contributed by atoms with van der Waals surface area (Å²) in [6, 6.07) is 27.3. The van der Waals surface area contributed by atoms with Crippen LogP contribution in [0, 0.1) is 0 Å². The van der Waals surface area contributed by atoms with Crippen LogP contribution in [-0.2, 0) is 7.05 Å². The topological polar surface area (TPSA) is 88.5 Å². The van der Waals surface area contributed by atoms with Gasteiger partial charge in [0.2, 0.25) is 5.95 Å². The summed E-state index contributed by atoms with van der Waals surface area (Å²) in [4.78, 5) is 24.0. The lowest BCUT2D eigenvalue weighted by Gasteiger charge is -2.10. The molecule has 7 nitrogen and oxygen atoms in total. The highest BCUT2D eigenvalue weighted by Gasteiger charge is 2.16. The van der Waals surface area contributed by atoms with Crippen molar-refractivity contribution in [3.63, 3.8) is 0 Å². The first-order valence-electron chi connectivity index (χ1n) is 11.7. The molecule has 3 heterocycles. The number of para-hydroxylation sites is 2. The number of nitrogens with zero attached hydrogens (tertiary/aromatic N) is 4. The molecular weight excluding hydrogens is 480 g/mol. The number of carbonyl (C=O) groups excluding carboxylic acids is 1. The van der Waals surface area contributed by atoms with Crippen molar-refractivity contribution in [2.45, 2.75) is 9.79 Å². The van der Waals surface area contributed by atoms with Crippen LogP contribution in [0.4, 0.5) is 5.95 Å². The summed E-state index contributed by atoms with van der Waals surface area (Å²) >= 11 is 1.53. The molecule has 0 unspecified atom stereocenters. The van der Waals surface area contributed by atoms with Crippen LogP contribution >= 0.6 is 11.8 Å². The molecule has 0 aliphatic carbocycles. The Labute approximate surface area is 217 Å². The molecule has 3 aromatic carbocycles. The Kier molecular flexibility index (Phi) is 6.00. The molecule has 180 valence electrons. The summed E-state index contributed by atoms with van der Waals surface area (Å²) in [5.74, 6) is 0.308. The predicted molar refractivity (Wildman–Crippen MR) is 148 cm³/mol. The number of hydrogen-bond acceptors (Lipinski definition) is 5. The molecule has 8 heteroatoms. The van der Waals surface area contributed by atoms with Gasteiger partial charge in [0.05, 0.1) is 33.5 Å². The number of H-pyrrole nitrogens is 1. The summed E-state index contributed by atoms with van der Waals surface area (Å²) in [7, 11) is 1.89. The molecule has 0 aliphatic heterocycles. The van der Waals surface area contributed by atoms with E-state index in [9.17, 15) is 4.79 Å². The molecule has 0 spiro atoms. The van der Waals surface area contributed by atoms with Gasteiger partial charge in [-0.15, -0.1) is 0 Å².